The number of nitrogens with one attached hydrogen (secondary N) is 1. The van der Waals surface area contributed by atoms with E-state index in [2.05, 4.69) is 10.2 Å². The molecular weight excluding hydrogens is 264 g/mol. The maximum Gasteiger partial charge on any atom is 0.260 e. The molecule has 1 heterocycles. The van der Waals surface area contributed by atoms with Crippen molar-refractivity contribution < 1.29 is 8.42 Å². The number of aromatic nitrogens is 2. The lowest BCUT2D eigenvalue weighted by Gasteiger charge is -2.24. The molecule has 3 N–H and O–H groups in total. The summed E-state index contributed by atoms with van der Waals surface area (Å²) in [6, 6.07) is 8.29. The van der Waals surface area contributed by atoms with Crippen LogP contribution in [-0.2, 0) is 10.0 Å². The third-order valence-corrected chi connectivity index (χ3v) is 4.93. The second-order valence-corrected chi connectivity index (χ2v) is 6.25. The lowest BCUT2D eigenvalue weighted by atomic mass is 10.1. The fourth-order valence-electron chi connectivity index (χ4n) is 1.78. The van der Waals surface area contributed by atoms with E-state index in [1.54, 1.807) is 18.2 Å². The molecule has 6 nitrogen and oxygen atoms in total. The summed E-state index contributed by atoms with van der Waals surface area (Å²) in [7, 11) is -2.05. The first-order chi connectivity index (χ1) is 8.93. The van der Waals surface area contributed by atoms with E-state index in [-0.39, 0.29) is 11.1 Å². The monoisotopic (exact) mass is 280 g/mol. The number of H-pyrrole nitrogens is 1. The van der Waals surface area contributed by atoms with Crippen molar-refractivity contribution >= 4 is 15.7 Å². The Labute approximate surface area is 112 Å². The molecule has 0 fully saturated rings. The molecule has 0 bridgehead atoms. The minimum absolute atomic E-state index is 0.0748. The molecule has 1 aromatic heterocycles. The number of nitrogens with zero attached hydrogens (tertiary/aromatic N) is 2. The van der Waals surface area contributed by atoms with E-state index in [4.69, 9.17) is 5.73 Å². The van der Waals surface area contributed by atoms with Crippen molar-refractivity contribution in [3.8, 4) is 0 Å². The Hall–Kier alpha value is -1.86. The number of rotatable bonds is 4. The van der Waals surface area contributed by atoms with Gasteiger partial charge in [-0.25, -0.2) is 8.42 Å². The van der Waals surface area contributed by atoms with Gasteiger partial charge >= 0.3 is 0 Å². The number of hydrogen-bond acceptors (Lipinski definition) is 4. The summed E-state index contributed by atoms with van der Waals surface area (Å²) >= 11 is 0. The summed E-state index contributed by atoms with van der Waals surface area (Å²) in [6.45, 7) is 1.81. The highest BCUT2D eigenvalue weighted by Gasteiger charge is 2.27. The van der Waals surface area contributed by atoms with Gasteiger partial charge in [0, 0.05) is 18.8 Å². The molecule has 7 heteroatoms. The molecule has 2 aromatic rings. The quantitative estimate of drug-likeness (QED) is 0.827. The van der Waals surface area contributed by atoms with Crippen LogP contribution in [0.25, 0.3) is 0 Å². The molecule has 1 aromatic carbocycles. The summed E-state index contributed by atoms with van der Waals surface area (Å²) in [4.78, 5) is 0. The molecule has 1 atom stereocenters. The molecule has 0 amide bonds. The van der Waals surface area contributed by atoms with Crippen molar-refractivity contribution in [3.63, 3.8) is 0 Å². The fourth-order valence-corrected chi connectivity index (χ4v) is 3.03. The van der Waals surface area contributed by atoms with Gasteiger partial charge in [0.05, 0.1) is 6.20 Å². The largest absolute Gasteiger partial charge is 0.399 e. The first-order valence-corrected chi connectivity index (χ1v) is 7.20. The Balaban J connectivity index is 2.32. The molecule has 102 valence electrons. The first kappa shape index (κ1) is 13.6. The maximum absolute atomic E-state index is 12.3. The first-order valence-electron chi connectivity index (χ1n) is 5.76. The van der Waals surface area contributed by atoms with E-state index < -0.39 is 10.0 Å². The van der Waals surface area contributed by atoms with E-state index in [0.717, 1.165) is 5.56 Å². The van der Waals surface area contributed by atoms with Crippen LogP contribution in [0.2, 0.25) is 0 Å². The molecule has 0 aliphatic rings. The van der Waals surface area contributed by atoms with Crippen molar-refractivity contribution in [2.75, 3.05) is 12.8 Å². The number of hydrogen-bond donors (Lipinski definition) is 2. The fraction of sp³-hybridized carbons (Fsp3) is 0.250. The van der Waals surface area contributed by atoms with Gasteiger partial charge in [-0.3, -0.25) is 5.10 Å². The Morgan fingerprint density at radius 2 is 2.11 bits per heavy atom. The van der Waals surface area contributed by atoms with Gasteiger partial charge in [0.1, 0.15) is 0 Å². The molecule has 1 unspecified atom stereocenters. The average Bonchev–Trinajstić information content (AvgIpc) is 2.91. The van der Waals surface area contributed by atoms with Crippen LogP contribution in [0.1, 0.15) is 18.5 Å². The predicted molar refractivity (Wildman–Crippen MR) is 72.8 cm³/mol. The van der Waals surface area contributed by atoms with Crippen LogP contribution in [0, 0.1) is 0 Å². The van der Waals surface area contributed by atoms with Crippen LogP contribution in [0.15, 0.2) is 41.6 Å². The molecule has 0 radical (unpaired) electrons. The van der Waals surface area contributed by atoms with E-state index in [1.807, 2.05) is 13.0 Å². The predicted octanol–water partition coefficient (Wildman–Crippen LogP) is 1.37. The minimum Gasteiger partial charge on any atom is -0.399 e. The SMILES string of the molecule is CC(c1cccc(N)c1)N(C)S(=O)(=O)c1ccn[nH]1. The molecule has 0 aliphatic carbocycles. The second kappa shape index (κ2) is 5.02. The summed E-state index contributed by atoms with van der Waals surface area (Å²) in [5.41, 5.74) is 7.16. The van der Waals surface area contributed by atoms with Crippen molar-refractivity contribution in [2.24, 2.45) is 0 Å². The van der Waals surface area contributed by atoms with E-state index in [1.165, 1.54) is 23.6 Å². The molecule has 0 saturated carbocycles. The normalized spacial score (nSPS) is 13.6. The van der Waals surface area contributed by atoms with E-state index in [9.17, 15) is 8.42 Å². The van der Waals surface area contributed by atoms with Crippen molar-refractivity contribution in [2.45, 2.75) is 18.0 Å². The van der Waals surface area contributed by atoms with E-state index >= 15 is 0 Å². The molecular formula is C12H16N4O2S. The second-order valence-electron chi connectivity index (χ2n) is 4.29. The number of aromatic amines is 1. The Bertz CT molecular complexity index is 652. The Morgan fingerprint density at radius 3 is 2.68 bits per heavy atom. The minimum atomic E-state index is -3.58. The van der Waals surface area contributed by atoms with Gasteiger partial charge < -0.3 is 5.73 Å². The van der Waals surface area contributed by atoms with Gasteiger partial charge in [0.2, 0.25) is 0 Å². The smallest absolute Gasteiger partial charge is 0.260 e. The topological polar surface area (TPSA) is 92.1 Å². The number of nitrogen functional groups attached to an aromatic ring is 1. The van der Waals surface area contributed by atoms with Crippen molar-refractivity contribution in [1.29, 1.82) is 0 Å². The standard InChI is InChI=1S/C12H16N4O2S/c1-9(10-4-3-5-11(13)8-10)16(2)19(17,18)12-6-7-14-15-12/h3-9H,13H2,1-2H3,(H,14,15). The number of benzene rings is 1. The van der Waals surface area contributed by atoms with Gasteiger partial charge in [-0.05, 0) is 30.7 Å². The third-order valence-electron chi connectivity index (χ3n) is 3.07. The number of sulfonamides is 1. The molecule has 0 spiro atoms. The lowest BCUT2D eigenvalue weighted by molar-refractivity contribution is 0.396. The van der Waals surface area contributed by atoms with Crippen LogP contribution in [0.5, 0.6) is 0 Å². The zero-order valence-corrected chi connectivity index (χ0v) is 11.6. The van der Waals surface area contributed by atoms with Gasteiger partial charge in [-0.1, -0.05) is 12.1 Å². The van der Waals surface area contributed by atoms with Crippen LogP contribution < -0.4 is 5.73 Å². The summed E-state index contributed by atoms with van der Waals surface area (Å²) in [5.74, 6) is 0. The highest BCUT2D eigenvalue weighted by atomic mass is 32.2. The van der Waals surface area contributed by atoms with Crippen molar-refractivity contribution in [1.82, 2.24) is 14.5 Å². The van der Waals surface area contributed by atoms with Crippen LogP contribution in [-0.4, -0.2) is 30.0 Å². The van der Waals surface area contributed by atoms with Gasteiger partial charge in [-0.15, -0.1) is 0 Å². The highest BCUT2D eigenvalue weighted by molar-refractivity contribution is 7.89. The zero-order valence-electron chi connectivity index (χ0n) is 10.7. The van der Waals surface area contributed by atoms with Gasteiger partial charge in [0.15, 0.2) is 5.03 Å². The summed E-state index contributed by atoms with van der Waals surface area (Å²) < 4.78 is 25.9. The zero-order chi connectivity index (χ0) is 14.0. The van der Waals surface area contributed by atoms with Crippen LogP contribution in [0.3, 0.4) is 0 Å². The Morgan fingerprint density at radius 1 is 1.37 bits per heavy atom. The van der Waals surface area contributed by atoms with Crippen LogP contribution in [0.4, 0.5) is 5.69 Å². The average molecular weight is 280 g/mol. The number of anilines is 1. The van der Waals surface area contributed by atoms with Gasteiger partial charge in [-0.2, -0.15) is 9.40 Å². The van der Waals surface area contributed by atoms with Crippen molar-refractivity contribution in [3.05, 3.63) is 42.1 Å². The number of nitrogens with two attached hydrogens (primary N) is 1. The summed E-state index contributed by atoms with van der Waals surface area (Å²) in [5, 5.41) is 6.21. The molecule has 0 saturated heterocycles. The summed E-state index contributed by atoms with van der Waals surface area (Å²) in [6.07, 6.45) is 1.41. The van der Waals surface area contributed by atoms with Crippen LogP contribution >= 0.6 is 0 Å². The highest BCUT2D eigenvalue weighted by Crippen LogP contribution is 2.25. The van der Waals surface area contributed by atoms with E-state index in [0.29, 0.717) is 5.69 Å². The van der Waals surface area contributed by atoms with Gasteiger partial charge in [0.25, 0.3) is 10.0 Å². The molecule has 0 aliphatic heterocycles. The maximum atomic E-state index is 12.3. The molecule has 2 rings (SSSR count). The molecule has 19 heavy (non-hydrogen) atoms. The lowest BCUT2D eigenvalue weighted by Crippen LogP contribution is -2.30. The Kier molecular flexibility index (Phi) is 3.59. The third kappa shape index (κ3) is 2.61.